The van der Waals surface area contributed by atoms with Gasteiger partial charge in [-0.3, -0.25) is 9.59 Å². The minimum atomic E-state index is -0.431. The van der Waals surface area contributed by atoms with Gasteiger partial charge in [0.05, 0.1) is 12.0 Å². The molecule has 144 valence electrons. The molecule has 7 heteroatoms. The molecule has 0 radical (unpaired) electrons. The van der Waals surface area contributed by atoms with E-state index in [9.17, 15) is 9.59 Å². The van der Waals surface area contributed by atoms with Crippen LogP contribution < -0.4 is 5.32 Å². The number of furan rings is 1. The molecule has 1 atom stereocenters. The van der Waals surface area contributed by atoms with Crippen LogP contribution in [0.3, 0.4) is 0 Å². The molecule has 1 fully saturated rings. The maximum absolute atomic E-state index is 12.6. The lowest BCUT2D eigenvalue weighted by atomic mass is 10.1. The molecule has 1 aromatic carbocycles. The minimum Gasteiger partial charge on any atom is -0.459 e. The van der Waals surface area contributed by atoms with Crippen molar-refractivity contribution in [2.45, 2.75) is 25.3 Å². The summed E-state index contributed by atoms with van der Waals surface area (Å²) in [6.45, 7) is 1.10. The Bertz CT molecular complexity index is 917. The fraction of sp³-hybridized carbons (Fsp3) is 0.286. The molecular formula is C21H22N4O3. The Balaban J connectivity index is 1.30. The predicted molar refractivity (Wildman–Crippen MR) is 103 cm³/mol. The zero-order chi connectivity index (χ0) is 19.3. The third kappa shape index (κ3) is 3.83. The Hall–Kier alpha value is -3.35. The average molecular weight is 378 g/mol. The standard InChI is InChI=1S/C21H22N4O3/c26-20(18-4-1-13-24(18)21(27)19-5-2-15-28-19)22-12-10-16-6-8-17(9-7-16)25-14-3-11-23-25/h2-3,5-9,11,14-15,18H,1,4,10,12-13H2,(H,22,26). The van der Waals surface area contributed by atoms with Crippen LogP contribution in [0.25, 0.3) is 5.69 Å². The number of carbonyl (C=O) groups excluding carboxylic acids is 2. The summed E-state index contributed by atoms with van der Waals surface area (Å²) in [4.78, 5) is 26.7. The summed E-state index contributed by atoms with van der Waals surface area (Å²) in [5.74, 6) is -0.0561. The topological polar surface area (TPSA) is 80.4 Å². The van der Waals surface area contributed by atoms with Gasteiger partial charge in [0.15, 0.2) is 5.76 Å². The molecule has 3 heterocycles. The smallest absolute Gasteiger partial charge is 0.290 e. The van der Waals surface area contributed by atoms with Crippen molar-refractivity contribution in [1.82, 2.24) is 20.0 Å². The van der Waals surface area contributed by atoms with E-state index in [1.807, 2.05) is 36.5 Å². The molecule has 2 aromatic heterocycles. The van der Waals surface area contributed by atoms with Gasteiger partial charge < -0.3 is 14.6 Å². The molecule has 0 saturated carbocycles. The van der Waals surface area contributed by atoms with Crippen molar-refractivity contribution in [2.24, 2.45) is 0 Å². The molecule has 7 nitrogen and oxygen atoms in total. The number of hydrogen-bond donors (Lipinski definition) is 1. The van der Waals surface area contributed by atoms with Gasteiger partial charge in [-0.15, -0.1) is 0 Å². The van der Waals surface area contributed by atoms with Crippen LogP contribution in [-0.2, 0) is 11.2 Å². The van der Waals surface area contributed by atoms with E-state index < -0.39 is 6.04 Å². The van der Waals surface area contributed by atoms with Crippen LogP contribution >= 0.6 is 0 Å². The molecule has 0 spiro atoms. The lowest BCUT2D eigenvalue weighted by Gasteiger charge is -2.23. The van der Waals surface area contributed by atoms with Crippen LogP contribution in [-0.4, -0.2) is 45.6 Å². The van der Waals surface area contributed by atoms with Crippen LogP contribution in [0.15, 0.2) is 65.5 Å². The number of amides is 2. The normalized spacial score (nSPS) is 16.3. The summed E-state index contributed by atoms with van der Waals surface area (Å²) in [6.07, 6.45) is 7.33. The lowest BCUT2D eigenvalue weighted by molar-refractivity contribution is -0.124. The van der Waals surface area contributed by atoms with Crippen LogP contribution in [0.4, 0.5) is 0 Å². The molecule has 1 aliphatic heterocycles. The molecule has 1 aliphatic rings. The summed E-state index contributed by atoms with van der Waals surface area (Å²) < 4.78 is 6.98. The van der Waals surface area contributed by atoms with Gasteiger partial charge >= 0.3 is 0 Å². The largest absolute Gasteiger partial charge is 0.459 e. The molecule has 28 heavy (non-hydrogen) atoms. The van der Waals surface area contributed by atoms with Crippen molar-refractivity contribution in [3.63, 3.8) is 0 Å². The van der Waals surface area contributed by atoms with Gasteiger partial charge in [-0.1, -0.05) is 12.1 Å². The molecule has 2 amide bonds. The zero-order valence-electron chi connectivity index (χ0n) is 15.5. The first-order valence-corrected chi connectivity index (χ1v) is 9.43. The molecule has 4 rings (SSSR count). The van der Waals surface area contributed by atoms with Crippen molar-refractivity contribution in [1.29, 1.82) is 0 Å². The number of likely N-dealkylation sites (tertiary alicyclic amines) is 1. The molecule has 0 bridgehead atoms. The van der Waals surface area contributed by atoms with Crippen molar-refractivity contribution in [2.75, 3.05) is 13.1 Å². The van der Waals surface area contributed by atoms with Gasteiger partial charge in [-0.2, -0.15) is 5.10 Å². The molecule has 1 N–H and O–H groups in total. The summed E-state index contributed by atoms with van der Waals surface area (Å²) >= 11 is 0. The van der Waals surface area contributed by atoms with Crippen molar-refractivity contribution >= 4 is 11.8 Å². The summed E-state index contributed by atoms with van der Waals surface area (Å²) in [7, 11) is 0. The summed E-state index contributed by atoms with van der Waals surface area (Å²) in [6, 6.07) is 12.8. The summed E-state index contributed by atoms with van der Waals surface area (Å²) in [5.41, 5.74) is 2.13. The van der Waals surface area contributed by atoms with E-state index in [1.54, 1.807) is 27.9 Å². The molecular weight excluding hydrogens is 356 g/mol. The average Bonchev–Trinajstić information content (AvgIpc) is 3.50. The maximum Gasteiger partial charge on any atom is 0.290 e. The second-order valence-electron chi connectivity index (χ2n) is 6.79. The van der Waals surface area contributed by atoms with Crippen LogP contribution in [0.1, 0.15) is 29.0 Å². The number of nitrogens with zero attached hydrogens (tertiary/aromatic N) is 3. The quantitative estimate of drug-likeness (QED) is 0.714. The fourth-order valence-electron chi connectivity index (χ4n) is 3.51. The maximum atomic E-state index is 12.6. The Morgan fingerprint density at radius 2 is 2.04 bits per heavy atom. The highest BCUT2D eigenvalue weighted by Crippen LogP contribution is 2.20. The van der Waals surface area contributed by atoms with Crippen LogP contribution in [0.2, 0.25) is 0 Å². The van der Waals surface area contributed by atoms with Crippen molar-refractivity contribution in [3.8, 4) is 5.69 Å². The van der Waals surface area contributed by atoms with E-state index in [0.717, 1.165) is 24.1 Å². The van der Waals surface area contributed by atoms with E-state index in [-0.39, 0.29) is 17.6 Å². The number of hydrogen-bond acceptors (Lipinski definition) is 4. The van der Waals surface area contributed by atoms with Gasteiger partial charge in [0.2, 0.25) is 5.91 Å². The fourth-order valence-corrected chi connectivity index (χ4v) is 3.51. The number of nitrogens with one attached hydrogen (secondary N) is 1. The van der Waals surface area contributed by atoms with Crippen molar-refractivity contribution in [3.05, 3.63) is 72.4 Å². The first kappa shape index (κ1) is 18.0. The van der Waals surface area contributed by atoms with E-state index in [4.69, 9.17) is 4.42 Å². The van der Waals surface area contributed by atoms with Crippen LogP contribution in [0.5, 0.6) is 0 Å². The minimum absolute atomic E-state index is 0.106. The van der Waals surface area contributed by atoms with Gasteiger partial charge in [0, 0.05) is 25.5 Å². The highest BCUT2D eigenvalue weighted by Gasteiger charge is 2.35. The molecule has 1 saturated heterocycles. The zero-order valence-corrected chi connectivity index (χ0v) is 15.5. The Morgan fingerprint density at radius 1 is 1.18 bits per heavy atom. The highest BCUT2D eigenvalue weighted by molar-refractivity contribution is 5.95. The second kappa shape index (κ2) is 8.12. The first-order chi connectivity index (χ1) is 13.7. The van der Waals surface area contributed by atoms with E-state index in [0.29, 0.717) is 19.5 Å². The molecule has 1 unspecified atom stereocenters. The van der Waals surface area contributed by atoms with E-state index in [2.05, 4.69) is 10.4 Å². The van der Waals surface area contributed by atoms with E-state index >= 15 is 0 Å². The van der Waals surface area contributed by atoms with Gasteiger partial charge in [0.25, 0.3) is 5.91 Å². The number of carbonyl (C=O) groups is 2. The monoisotopic (exact) mass is 378 g/mol. The highest BCUT2D eigenvalue weighted by atomic mass is 16.3. The van der Waals surface area contributed by atoms with E-state index in [1.165, 1.54) is 6.26 Å². The number of rotatable bonds is 6. The number of aromatic nitrogens is 2. The Kier molecular flexibility index (Phi) is 5.23. The third-order valence-corrected chi connectivity index (χ3v) is 4.97. The first-order valence-electron chi connectivity index (χ1n) is 9.43. The SMILES string of the molecule is O=C(NCCc1ccc(-n2cccn2)cc1)C1CCCN1C(=O)c1ccco1. The Morgan fingerprint density at radius 3 is 2.75 bits per heavy atom. The van der Waals surface area contributed by atoms with Crippen LogP contribution in [0, 0.1) is 0 Å². The summed E-state index contributed by atoms with van der Waals surface area (Å²) in [5, 5.41) is 7.17. The lowest BCUT2D eigenvalue weighted by Crippen LogP contribution is -2.46. The molecule has 3 aromatic rings. The Labute approximate surface area is 162 Å². The predicted octanol–water partition coefficient (Wildman–Crippen LogP) is 2.43. The second-order valence-corrected chi connectivity index (χ2v) is 6.79. The van der Waals surface area contributed by atoms with Gasteiger partial charge in [0.1, 0.15) is 6.04 Å². The third-order valence-electron chi connectivity index (χ3n) is 4.97. The molecule has 0 aliphatic carbocycles. The van der Waals surface area contributed by atoms with Gasteiger partial charge in [-0.25, -0.2) is 4.68 Å². The number of benzene rings is 1. The van der Waals surface area contributed by atoms with Gasteiger partial charge in [-0.05, 0) is 55.2 Å². The van der Waals surface area contributed by atoms with Crippen molar-refractivity contribution < 1.29 is 14.0 Å².